The van der Waals surface area contributed by atoms with Gasteiger partial charge in [-0.3, -0.25) is 20.4 Å². The third kappa shape index (κ3) is 10.4. The lowest BCUT2D eigenvalue weighted by molar-refractivity contribution is -0.148. The molecule has 1 unspecified atom stereocenters. The number of nitrogen functional groups attached to an aromatic ring is 1. The summed E-state index contributed by atoms with van der Waals surface area (Å²) in [5.74, 6) is -3.20. The van der Waals surface area contributed by atoms with Crippen molar-refractivity contribution < 1.29 is 23.5 Å². The average molecular weight is 610 g/mol. The van der Waals surface area contributed by atoms with Crippen LogP contribution in [0.4, 0.5) is 4.39 Å². The molecular formula is C32H44FN7O4. The number of hydrogen-bond acceptors (Lipinski definition) is 6. The first-order valence-corrected chi connectivity index (χ1v) is 15.1. The molecule has 3 rings (SSSR count). The first-order valence-electron chi connectivity index (χ1n) is 15.1. The van der Waals surface area contributed by atoms with Gasteiger partial charge >= 0.3 is 5.97 Å². The molecule has 9 N–H and O–H groups in total. The molecule has 2 aromatic carbocycles. The van der Waals surface area contributed by atoms with Crippen LogP contribution in [-0.4, -0.2) is 54.8 Å². The SMILES string of the molecule is CCOC(=O)C(CCCNC(=N)N)NC(=O)[C@@H](NC(=O)[C@@H](Cc1ccc(C(=N)N)cc1)c1cccc(F)c1)C1CCCCC1. The highest BCUT2D eigenvalue weighted by molar-refractivity contribution is 5.95. The largest absolute Gasteiger partial charge is 0.464 e. The molecule has 44 heavy (non-hydrogen) atoms. The fourth-order valence-electron chi connectivity index (χ4n) is 5.54. The second kappa shape index (κ2) is 17.0. The number of amides is 2. The number of rotatable bonds is 15. The van der Waals surface area contributed by atoms with Crippen molar-refractivity contribution in [2.45, 2.75) is 76.3 Å². The Kier molecular flexibility index (Phi) is 13.1. The van der Waals surface area contributed by atoms with Crippen LogP contribution in [0.15, 0.2) is 48.5 Å². The maximum absolute atomic E-state index is 14.3. The lowest BCUT2D eigenvalue weighted by Gasteiger charge is -2.32. The maximum Gasteiger partial charge on any atom is 0.328 e. The van der Waals surface area contributed by atoms with Gasteiger partial charge in [0.25, 0.3) is 0 Å². The summed E-state index contributed by atoms with van der Waals surface area (Å²) in [5.41, 5.74) is 12.7. The van der Waals surface area contributed by atoms with E-state index in [1.54, 1.807) is 43.3 Å². The summed E-state index contributed by atoms with van der Waals surface area (Å²) in [6.45, 7) is 2.16. The summed E-state index contributed by atoms with van der Waals surface area (Å²) in [7, 11) is 0. The van der Waals surface area contributed by atoms with E-state index in [0.29, 0.717) is 24.1 Å². The van der Waals surface area contributed by atoms with Crippen LogP contribution in [0, 0.1) is 22.6 Å². The van der Waals surface area contributed by atoms with Crippen molar-refractivity contribution in [1.82, 2.24) is 16.0 Å². The highest BCUT2D eigenvalue weighted by atomic mass is 19.1. The molecule has 0 aliphatic heterocycles. The van der Waals surface area contributed by atoms with Crippen molar-refractivity contribution in [1.29, 1.82) is 10.8 Å². The lowest BCUT2D eigenvalue weighted by atomic mass is 9.82. The second-order valence-electron chi connectivity index (χ2n) is 11.1. The number of ether oxygens (including phenoxy) is 1. The van der Waals surface area contributed by atoms with Gasteiger partial charge in [-0.2, -0.15) is 0 Å². The predicted octanol–water partition coefficient (Wildman–Crippen LogP) is 2.81. The molecule has 3 atom stereocenters. The molecule has 1 fully saturated rings. The van der Waals surface area contributed by atoms with Crippen molar-refractivity contribution in [3.63, 3.8) is 0 Å². The Labute approximate surface area is 257 Å². The second-order valence-corrected chi connectivity index (χ2v) is 11.1. The summed E-state index contributed by atoms with van der Waals surface area (Å²) in [5, 5.41) is 23.4. The molecule has 1 aliphatic carbocycles. The fourth-order valence-corrected chi connectivity index (χ4v) is 5.54. The monoisotopic (exact) mass is 609 g/mol. The minimum atomic E-state index is -0.946. The van der Waals surface area contributed by atoms with E-state index in [0.717, 1.165) is 37.7 Å². The average Bonchev–Trinajstić information content (AvgIpc) is 3.00. The van der Waals surface area contributed by atoms with Crippen LogP contribution in [0.1, 0.15) is 74.5 Å². The molecule has 2 amide bonds. The first-order chi connectivity index (χ1) is 21.1. The Bertz CT molecular complexity index is 1300. The molecule has 0 spiro atoms. The van der Waals surface area contributed by atoms with Crippen LogP contribution in [-0.2, 0) is 25.5 Å². The fraction of sp³-hybridized carbons (Fsp3) is 0.469. The summed E-state index contributed by atoms with van der Waals surface area (Å²) in [6.07, 6.45) is 5.25. The van der Waals surface area contributed by atoms with Crippen molar-refractivity contribution in [2.24, 2.45) is 17.4 Å². The number of benzene rings is 2. The zero-order valence-corrected chi connectivity index (χ0v) is 25.2. The lowest BCUT2D eigenvalue weighted by Crippen LogP contribution is -2.56. The van der Waals surface area contributed by atoms with Gasteiger partial charge in [0.2, 0.25) is 11.8 Å². The van der Waals surface area contributed by atoms with E-state index in [1.165, 1.54) is 12.1 Å². The minimum Gasteiger partial charge on any atom is -0.464 e. The zero-order valence-electron chi connectivity index (χ0n) is 25.2. The summed E-state index contributed by atoms with van der Waals surface area (Å²) in [6, 6.07) is 10.9. The first kappa shape index (κ1) is 34.0. The van der Waals surface area contributed by atoms with Gasteiger partial charge in [0.1, 0.15) is 23.7 Å². The molecule has 0 radical (unpaired) electrons. The highest BCUT2D eigenvalue weighted by Gasteiger charge is 2.35. The van der Waals surface area contributed by atoms with Crippen LogP contribution >= 0.6 is 0 Å². The number of nitrogens with one attached hydrogen (secondary N) is 5. The molecule has 2 aromatic rings. The molecule has 1 aliphatic rings. The molecule has 1 saturated carbocycles. The standard InChI is InChI=1S/C32H44FN7O4/c1-2-44-31(43)26(12-7-17-38-32(36)37)39-30(42)27(21-8-4-3-5-9-21)40-29(41)25(23-10-6-11-24(33)19-23)18-20-13-15-22(16-14-20)28(34)35/h6,10-11,13-16,19,21,25-27H,2-5,7-9,12,17-18H2,1H3,(H3,34,35)(H,39,42)(H,40,41)(H4,36,37,38)/t25-,26?,27-/m0/s1. The van der Waals surface area contributed by atoms with E-state index in [4.69, 9.17) is 27.0 Å². The van der Waals surface area contributed by atoms with Crippen LogP contribution in [0.25, 0.3) is 0 Å². The van der Waals surface area contributed by atoms with Crippen LogP contribution < -0.4 is 27.4 Å². The smallest absolute Gasteiger partial charge is 0.328 e. The number of esters is 1. The Morgan fingerprint density at radius 1 is 1.00 bits per heavy atom. The Balaban J connectivity index is 1.86. The van der Waals surface area contributed by atoms with Crippen LogP contribution in [0.3, 0.4) is 0 Å². The number of hydrogen-bond donors (Lipinski definition) is 7. The maximum atomic E-state index is 14.3. The van der Waals surface area contributed by atoms with E-state index in [9.17, 15) is 18.8 Å². The molecule has 238 valence electrons. The number of carbonyl (C=O) groups excluding carboxylic acids is 3. The number of guanidine groups is 1. The van der Waals surface area contributed by atoms with Crippen molar-refractivity contribution in [2.75, 3.05) is 13.2 Å². The minimum absolute atomic E-state index is 0.0754. The number of amidine groups is 1. The van der Waals surface area contributed by atoms with Crippen molar-refractivity contribution >= 4 is 29.6 Å². The van der Waals surface area contributed by atoms with E-state index in [2.05, 4.69) is 16.0 Å². The number of nitrogens with two attached hydrogens (primary N) is 2. The van der Waals surface area contributed by atoms with Crippen molar-refractivity contribution in [3.8, 4) is 0 Å². The van der Waals surface area contributed by atoms with E-state index < -0.39 is 41.6 Å². The van der Waals surface area contributed by atoms with Gasteiger partial charge in [0.15, 0.2) is 5.96 Å². The Morgan fingerprint density at radius 2 is 1.70 bits per heavy atom. The Morgan fingerprint density at radius 3 is 2.32 bits per heavy atom. The quantitative estimate of drug-likeness (QED) is 0.0697. The van der Waals surface area contributed by atoms with E-state index in [-0.39, 0.29) is 37.2 Å². The molecule has 0 aromatic heterocycles. The molecule has 0 bridgehead atoms. The summed E-state index contributed by atoms with van der Waals surface area (Å²) < 4.78 is 19.5. The van der Waals surface area contributed by atoms with Gasteiger partial charge in [-0.15, -0.1) is 0 Å². The van der Waals surface area contributed by atoms with Crippen LogP contribution in [0.2, 0.25) is 0 Å². The predicted molar refractivity (Wildman–Crippen MR) is 167 cm³/mol. The molecule has 0 saturated heterocycles. The molecule has 11 nitrogen and oxygen atoms in total. The summed E-state index contributed by atoms with van der Waals surface area (Å²) >= 11 is 0. The third-order valence-electron chi connectivity index (χ3n) is 7.85. The normalized spacial score (nSPS) is 15.3. The van der Waals surface area contributed by atoms with E-state index >= 15 is 0 Å². The van der Waals surface area contributed by atoms with Gasteiger partial charge in [0.05, 0.1) is 12.5 Å². The number of halogens is 1. The van der Waals surface area contributed by atoms with Gasteiger partial charge in [-0.05, 0) is 68.2 Å². The van der Waals surface area contributed by atoms with Crippen molar-refractivity contribution in [3.05, 3.63) is 71.0 Å². The van der Waals surface area contributed by atoms with Gasteiger partial charge < -0.3 is 32.2 Å². The molecular weight excluding hydrogens is 565 g/mol. The van der Waals surface area contributed by atoms with Gasteiger partial charge in [0, 0.05) is 12.1 Å². The Hall–Kier alpha value is -4.48. The third-order valence-corrected chi connectivity index (χ3v) is 7.85. The van der Waals surface area contributed by atoms with Gasteiger partial charge in [-0.1, -0.05) is 55.7 Å². The topological polar surface area (TPSA) is 196 Å². The summed E-state index contributed by atoms with van der Waals surface area (Å²) in [4.78, 5) is 40.6. The van der Waals surface area contributed by atoms with E-state index in [1.807, 2.05) is 0 Å². The van der Waals surface area contributed by atoms with Gasteiger partial charge in [-0.25, -0.2) is 9.18 Å². The molecule has 12 heteroatoms. The molecule has 0 heterocycles. The van der Waals surface area contributed by atoms with Crippen LogP contribution in [0.5, 0.6) is 0 Å². The highest BCUT2D eigenvalue weighted by Crippen LogP contribution is 2.29. The zero-order chi connectivity index (χ0) is 32.1. The number of carbonyl (C=O) groups is 3.